The summed E-state index contributed by atoms with van der Waals surface area (Å²) in [5.41, 5.74) is 1.91. The average molecular weight is 393 g/mol. The van der Waals surface area contributed by atoms with Gasteiger partial charge in [0, 0.05) is 26.7 Å². The van der Waals surface area contributed by atoms with Crippen LogP contribution < -0.4 is 0 Å². The maximum atomic E-state index is 12.9. The van der Waals surface area contributed by atoms with Crippen LogP contribution in [0.3, 0.4) is 0 Å². The highest BCUT2D eigenvalue weighted by molar-refractivity contribution is 7.89. The van der Waals surface area contributed by atoms with Gasteiger partial charge in [0.15, 0.2) is 0 Å². The fraction of sp³-hybridized carbons (Fsp3) is 0.474. The van der Waals surface area contributed by atoms with Crippen molar-refractivity contribution in [2.24, 2.45) is 0 Å². The van der Waals surface area contributed by atoms with E-state index in [1.165, 1.54) is 18.8 Å². The van der Waals surface area contributed by atoms with Crippen LogP contribution in [0, 0.1) is 13.8 Å². The van der Waals surface area contributed by atoms with Gasteiger partial charge in [-0.3, -0.25) is 9.48 Å². The van der Waals surface area contributed by atoms with E-state index in [9.17, 15) is 13.2 Å². The van der Waals surface area contributed by atoms with Crippen molar-refractivity contribution in [2.45, 2.75) is 51.7 Å². The van der Waals surface area contributed by atoms with Crippen LogP contribution in [-0.2, 0) is 27.9 Å². The molecular formula is C19H28N4O3S. The Hall–Kier alpha value is -2.19. The predicted octanol–water partition coefficient (Wildman–Crippen LogP) is 2.19. The summed E-state index contributed by atoms with van der Waals surface area (Å²) in [5, 5.41) is 4.31. The van der Waals surface area contributed by atoms with E-state index in [0.717, 1.165) is 9.87 Å². The van der Waals surface area contributed by atoms with E-state index in [2.05, 4.69) is 5.10 Å². The number of rotatable bonds is 7. The van der Waals surface area contributed by atoms with Gasteiger partial charge in [0.05, 0.1) is 11.4 Å². The summed E-state index contributed by atoms with van der Waals surface area (Å²) in [6.07, 6.45) is 0. The van der Waals surface area contributed by atoms with Crippen molar-refractivity contribution >= 4 is 15.9 Å². The molecule has 8 heteroatoms. The smallest absolute Gasteiger partial charge is 0.246 e. The molecule has 0 atom stereocenters. The van der Waals surface area contributed by atoms with Gasteiger partial charge in [0.2, 0.25) is 15.9 Å². The van der Waals surface area contributed by atoms with Gasteiger partial charge in [-0.05, 0) is 33.3 Å². The molecule has 7 nitrogen and oxygen atoms in total. The number of carbonyl (C=O) groups is 1. The highest BCUT2D eigenvalue weighted by Crippen LogP contribution is 2.22. The molecule has 2 aromatic rings. The Kier molecular flexibility index (Phi) is 6.43. The fourth-order valence-electron chi connectivity index (χ4n) is 2.95. The molecule has 0 spiro atoms. The topological polar surface area (TPSA) is 75.5 Å². The minimum Gasteiger partial charge on any atom is -0.334 e. The lowest BCUT2D eigenvalue weighted by molar-refractivity contribution is -0.134. The molecular weight excluding hydrogens is 364 g/mol. The number of nitrogens with zero attached hydrogens (tertiary/aromatic N) is 4. The van der Waals surface area contributed by atoms with Crippen molar-refractivity contribution in [1.82, 2.24) is 19.0 Å². The second-order valence-electron chi connectivity index (χ2n) is 7.05. The zero-order chi connectivity index (χ0) is 20.4. The van der Waals surface area contributed by atoms with E-state index in [1.807, 2.05) is 44.2 Å². The number of carbonyl (C=O) groups excluding carboxylic acids is 1. The molecule has 1 aromatic heterocycles. The lowest BCUT2D eigenvalue weighted by Gasteiger charge is -2.27. The number of aryl methyl sites for hydroxylation is 1. The van der Waals surface area contributed by atoms with Gasteiger partial charge in [0.25, 0.3) is 0 Å². The van der Waals surface area contributed by atoms with Crippen molar-refractivity contribution in [3.05, 3.63) is 47.3 Å². The second-order valence-corrected chi connectivity index (χ2v) is 9.13. The summed E-state index contributed by atoms with van der Waals surface area (Å²) in [7, 11) is -0.647. The van der Waals surface area contributed by atoms with Crippen molar-refractivity contribution < 1.29 is 13.2 Å². The van der Waals surface area contributed by atoms with Crippen molar-refractivity contribution in [1.29, 1.82) is 0 Å². The maximum absolute atomic E-state index is 12.9. The van der Waals surface area contributed by atoms with Crippen LogP contribution in [0.4, 0.5) is 0 Å². The van der Waals surface area contributed by atoms with Crippen molar-refractivity contribution in [3.63, 3.8) is 0 Å². The molecule has 0 fully saturated rings. The molecule has 2 rings (SSSR count). The Morgan fingerprint density at radius 2 is 1.74 bits per heavy atom. The summed E-state index contributed by atoms with van der Waals surface area (Å²) in [6, 6.07) is 9.80. The summed E-state index contributed by atoms with van der Waals surface area (Å²) < 4.78 is 27.7. The number of benzene rings is 1. The fourth-order valence-corrected chi connectivity index (χ4v) is 4.21. The van der Waals surface area contributed by atoms with Gasteiger partial charge in [-0.2, -0.15) is 5.10 Å². The molecule has 1 aromatic carbocycles. The SMILES string of the molecule is Cc1nn(CC(=O)N(Cc2ccccc2)C(C)C)c(C)c1S(=O)(=O)N(C)C. The molecule has 1 amide bonds. The number of amides is 1. The highest BCUT2D eigenvalue weighted by Gasteiger charge is 2.28. The van der Waals surface area contributed by atoms with Gasteiger partial charge < -0.3 is 4.90 Å². The minimum atomic E-state index is -3.61. The van der Waals surface area contributed by atoms with E-state index < -0.39 is 10.0 Å². The van der Waals surface area contributed by atoms with Crippen LogP contribution in [-0.4, -0.2) is 53.4 Å². The Bertz CT molecular complexity index is 903. The zero-order valence-corrected chi connectivity index (χ0v) is 17.6. The molecule has 148 valence electrons. The Morgan fingerprint density at radius 3 is 2.26 bits per heavy atom. The molecule has 0 bridgehead atoms. The maximum Gasteiger partial charge on any atom is 0.246 e. The first-order valence-electron chi connectivity index (χ1n) is 8.85. The number of hydrogen-bond donors (Lipinski definition) is 0. The quantitative estimate of drug-likeness (QED) is 0.724. The summed E-state index contributed by atoms with van der Waals surface area (Å²) in [4.78, 5) is 14.9. The normalized spacial score (nSPS) is 12.0. The summed E-state index contributed by atoms with van der Waals surface area (Å²) >= 11 is 0. The summed E-state index contributed by atoms with van der Waals surface area (Å²) in [5.74, 6) is -0.103. The third-order valence-electron chi connectivity index (χ3n) is 4.48. The molecule has 0 aliphatic rings. The molecule has 0 radical (unpaired) electrons. The monoisotopic (exact) mass is 392 g/mol. The second kappa shape index (κ2) is 8.22. The Labute approximate surface area is 161 Å². The molecule has 0 N–H and O–H groups in total. The lowest BCUT2D eigenvalue weighted by Crippen LogP contribution is -2.39. The van der Waals surface area contributed by atoms with Crippen LogP contribution in [0.25, 0.3) is 0 Å². The van der Waals surface area contributed by atoms with E-state index in [0.29, 0.717) is 17.9 Å². The molecule has 0 unspecified atom stereocenters. The minimum absolute atomic E-state index is 0.000630. The van der Waals surface area contributed by atoms with Crippen LogP contribution in [0.1, 0.15) is 30.8 Å². The van der Waals surface area contributed by atoms with Crippen LogP contribution in [0.2, 0.25) is 0 Å². The van der Waals surface area contributed by atoms with Crippen LogP contribution in [0.15, 0.2) is 35.2 Å². The van der Waals surface area contributed by atoms with Gasteiger partial charge in [-0.25, -0.2) is 12.7 Å². The van der Waals surface area contributed by atoms with E-state index >= 15 is 0 Å². The predicted molar refractivity (Wildman–Crippen MR) is 105 cm³/mol. The van der Waals surface area contributed by atoms with E-state index in [1.54, 1.807) is 18.7 Å². The van der Waals surface area contributed by atoms with Crippen LogP contribution >= 0.6 is 0 Å². The molecule has 0 aliphatic heterocycles. The number of sulfonamides is 1. The summed E-state index contributed by atoms with van der Waals surface area (Å²) in [6.45, 7) is 7.75. The van der Waals surface area contributed by atoms with Gasteiger partial charge >= 0.3 is 0 Å². The average Bonchev–Trinajstić information content (AvgIpc) is 2.87. The first-order valence-corrected chi connectivity index (χ1v) is 10.3. The van der Waals surface area contributed by atoms with E-state index in [4.69, 9.17) is 0 Å². The van der Waals surface area contributed by atoms with Gasteiger partial charge in [0.1, 0.15) is 11.4 Å². The first-order chi connectivity index (χ1) is 12.6. The number of aromatic nitrogens is 2. The zero-order valence-electron chi connectivity index (χ0n) is 16.8. The Balaban J connectivity index is 2.29. The van der Waals surface area contributed by atoms with Crippen LogP contribution in [0.5, 0.6) is 0 Å². The standard InChI is InChI=1S/C19H28N4O3S/c1-14(2)22(12-17-10-8-7-9-11-17)18(24)13-23-16(4)19(15(3)20-23)27(25,26)21(5)6/h7-11,14H,12-13H2,1-6H3. The van der Waals surface area contributed by atoms with Crippen molar-refractivity contribution in [3.8, 4) is 0 Å². The molecule has 27 heavy (non-hydrogen) atoms. The number of hydrogen-bond acceptors (Lipinski definition) is 4. The third kappa shape index (κ3) is 4.56. The van der Waals surface area contributed by atoms with E-state index in [-0.39, 0.29) is 23.4 Å². The molecule has 0 saturated heterocycles. The molecule has 0 saturated carbocycles. The third-order valence-corrected chi connectivity index (χ3v) is 6.55. The largest absolute Gasteiger partial charge is 0.334 e. The van der Waals surface area contributed by atoms with Gasteiger partial charge in [-0.15, -0.1) is 0 Å². The Morgan fingerprint density at radius 1 is 1.15 bits per heavy atom. The molecule has 1 heterocycles. The molecule has 0 aliphatic carbocycles. The first kappa shape index (κ1) is 21.1. The van der Waals surface area contributed by atoms with Gasteiger partial charge in [-0.1, -0.05) is 30.3 Å². The lowest BCUT2D eigenvalue weighted by atomic mass is 10.2. The van der Waals surface area contributed by atoms with Crippen molar-refractivity contribution in [2.75, 3.05) is 14.1 Å². The highest BCUT2D eigenvalue weighted by atomic mass is 32.2.